The third kappa shape index (κ3) is 1.03. The van der Waals surface area contributed by atoms with Crippen LogP contribution in [0.5, 0.6) is 0 Å². The van der Waals surface area contributed by atoms with E-state index in [0.29, 0.717) is 0 Å². The third-order valence-corrected chi connectivity index (χ3v) is 5.88. The lowest BCUT2D eigenvalue weighted by Crippen LogP contribution is -2.40. The molecule has 0 spiro atoms. The van der Waals surface area contributed by atoms with Crippen LogP contribution in [0.3, 0.4) is 0 Å². The van der Waals surface area contributed by atoms with Crippen LogP contribution in [0.1, 0.15) is 6.92 Å². The molecule has 2 aliphatic carbocycles. The highest BCUT2D eigenvalue weighted by Gasteiger charge is 2.75. The summed E-state index contributed by atoms with van der Waals surface area (Å²) in [4.78, 5) is 19.7. The highest BCUT2D eigenvalue weighted by atomic mass is 35.5. The Labute approximate surface area is 111 Å². The van der Waals surface area contributed by atoms with Crippen LogP contribution in [0.15, 0.2) is 10.1 Å². The maximum atomic E-state index is 12.0. The Morgan fingerprint density at radius 3 is 2.06 bits per heavy atom. The number of carboxylic acid groups (broad SMARTS) is 1. The molecule has 7 heteroatoms. The van der Waals surface area contributed by atoms with Crippen molar-refractivity contribution in [2.24, 2.45) is 11.8 Å². The number of carbonyl (C=O) groups is 2. The number of carboxylic acids is 1. The van der Waals surface area contributed by atoms with E-state index in [0.717, 1.165) is 0 Å². The molecule has 0 aromatic carbocycles. The molecule has 0 aromatic rings. The molecule has 2 bridgehead atoms. The summed E-state index contributed by atoms with van der Waals surface area (Å²) in [6.45, 7) is 1.53. The fourth-order valence-corrected chi connectivity index (χ4v) is 4.23. The number of carbonyl (C=O) groups excluding carboxylic acids is 1. The number of ketones is 1. The van der Waals surface area contributed by atoms with Gasteiger partial charge in [-0.1, -0.05) is 30.1 Å². The molecular formula is C9H6Cl4O3. The first kappa shape index (κ1) is 12.5. The van der Waals surface area contributed by atoms with Crippen molar-refractivity contribution in [2.45, 2.75) is 16.7 Å². The van der Waals surface area contributed by atoms with Crippen molar-refractivity contribution in [1.29, 1.82) is 0 Å². The molecule has 0 saturated heterocycles. The molecule has 0 aromatic heterocycles. The summed E-state index contributed by atoms with van der Waals surface area (Å²) < 4.78 is 0. The monoisotopic (exact) mass is 302 g/mol. The van der Waals surface area contributed by atoms with Crippen LogP contribution in [0, 0.1) is 11.8 Å². The van der Waals surface area contributed by atoms with Crippen LogP contribution in [0.25, 0.3) is 0 Å². The number of allylic oxidation sites excluding steroid dienone is 2. The van der Waals surface area contributed by atoms with E-state index in [9.17, 15) is 9.59 Å². The average Bonchev–Trinajstić information content (AvgIpc) is 2.43. The van der Waals surface area contributed by atoms with Crippen molar-refractivity contribution in [1.82, 2.24) is 0 Å². The number of halogens is 4. The number of Topliss-reactive ketones (excluding diaryl/α,β-unsaturated/α-hetero) is 1. The molecule has 0 radical (unpaired) electrons. The molecule has 1 saturated carbocycles. The van der Waals surface area contributed by atoms with E-state index in [4.69, 9.17) is 51.5 Å². The first-order chi connectivity index (χ1) is 7.20. The fraction of sp³-hybridized carbons (Fsp3) is 0.556. The van der Waals surface area contributed by atoms with E-state index < -0.39 is 33.3 Å². The van der Waals surface area contributed by atoms with Crippen LogP contribution in [0.4, 0.5) is 0 Å². The van der Waals surface area contributed by atoms with Gasteiger partial charge in [0.2, 0.25) is 0 Å². The largest absolute Gasteiger partial charge is 0.481 e. The average molecular weight is 304 g/mol. The van der Waals surface area contributed by atoms with Crippen molar-refractivity contribution >= 4 is 58.2 Å². The molecule has 3 nitrogen and oxygen atoms in total. The molecule has 4 atom stereocenters. The van der Waals surface area contributed by atoms with Crippen molar-refractivity contribution in [3.8, 4) is 0 Å². The molecule has 0 amide bonds. The van der Waals surface area contributed by atoms with Gasteiger partial charge in [-0.05, 0) is 0 Å². The van der Waals surface area contributed by atoms with Crippen LogP contribution < -0.4 is 0 Å². The van der Waals surface area contributed by atoms with E-state index >= 15 is 0 Å². The van der Waals surface area contributed by atoms with E-state index in [2.05, 4.69) is 0 Å². The van der Waals surface area contributed by atoms with Crippen molar-refractivity contribution in [3.63, 3.8) is 0 Å². The van der Waals surface area contributed by atoms with Gasteiger partial charge in [-0.25, -0.2) is 0 Å². The van der Waals surface area contributed by atoms with Gasteiger partial charge >= 0.3 is 5.97 Å². The summed E-state index contributed by atoms with van der Waals surface area (Å²) >= 11 is 23.9. The van der Waals surface area contributed by atoms with Gasteiger partial charge in [-0.2, -0.15) is 0 Å². The van der Waals surface area contributed by atoms with Gasteiger partial charge in [0, 0.05) is 5.92 Å². The van der Waals surface area contributed by atoms with Gasteiger partial charge in [0.25, 0.3) is 0 Å². The molecular weight excluding hydrogens is 298 g/mol. The highest BCUT2D eigenvalue weighted by molar-refractivity contribution is 6.63. The van der Waals surface area contributed by atoms with Crippen molar-refractivity contribution < 1.29 is 14.7 Å². The lowest BCUT2D eigenvalue weighted by Gasteiger charge is -2.30. The second kappa shape index (κ2) is 3.29. The second-order valence-corrected chi connectivity index (χ2v) is 5.93. The Hall–Kier alpha value is 0.0400. The van der Waals surface area contributed by atoms with E-state index in [1.165, 1.54) is 6.92 Å². The van der Waals surface area contributed by atoms with Gasteiger partial charge in [0.05, 0.1) is 16.0 Å². The van der Waals surface area contributed by atoms with E-state index in [-0.39, 0.29) is 10.1 Å². The minimum atomic E-state index is -1.81. The summed E-state index contributed by atoms with van der Waals surface area (Å²) in [7, 11) is 0. The number of hydrogen-bond donors (Lipinski definition) is 1. The predicted octanol–water partition coefficient (Wildman–Crippen LogP) is 2.56. The molecule has 0 aliphatic heterocycles. The maximum absolute atomic E-state index is 12.0. The first-order valence-corrected chi connectivity index (χ1v) is 5.93. The molecule has 1 fully saturated rings. The standard InChI is InChI=1S/C9H6Cl4O3/c1-2-3(6(14)15)9(13)5(11)4(10)8(2,12)7(9)16/h2-3H,1H3,(H,14,15)/t2?,3?,8-,9-/m1/s1. The summed E-state index contributed by atoms with van der Waals surface area (Å²) in [5, 5.41) is 8.87. The number of aliphatic carboxylic acids is 1. The number of rotatable bonds is 1. The lowest BCUT2D eigenvalue weighted by molar-refractivity contribution is -0.144. The van der Waals surface area contributed by atoms with Crippen LogP contribution in [-0.4, -0.2) is 26.6 Å². The summed E-state index contributed by atoms with van der Waals surface area (Å²) in [6.07, 6.45) is 0. The Kier molecular flexibility index (Phi) is 2.57. The molecule has 16 heavy (non-hydrogen) atoms. The van der Waals surface area contributed by atoms with Crippen LogP contribution >= 0.6 is 46.4 Å². The predicted molar refractivity (Wildman–Crippen MR) is 61.2 cm³/mol. The number of fused-ring (bicyclic) bond motifs is 2. The molecule has 88 valence electrons. The van der Waals surface area contributed by atoms with Gasteiger partial charge < -0.3 is 5.11 Å². The molecule has 2 rings (SSSR count). The van der Waals surface area contributed by atoms with Crippen molar-refractivity contribution in [3.05, 3.63) is 10.1 Å². The zero-order valence-electron chi connectivity index (χ0n) is 7.93. The quantitative estimate of drug-likeness (QED) is 0.758. The topological polar surface area (TPSA) is 54.4 Å². The zero-order valence-corrected chi connectivity index (χ0v) is 11.0. The van der Waals surface area contributed by atoms with Crippen molar-refractivity contribution in [2.75, 3.05) is 0 Å². The summed E-state index contributed by atoms with van der Waals surface area (Å²) in [5.41, 5.74) is 0. The Morgan fingerprint density at radius 1 is 1.25 bits per heavy atom. The Balaban J connectivity index is 2.72. The molecule has 0 heterocycles. The van der Waals surface area contributed by atoms with Gasteiger partial charge in [-0.15, -0.1) is 23.2 Å². The molecule has 2 aliphatic rings. The van der Waals surface area contributed by atoms with E-state index in [1.54, 1.807) is 0 Å². The lowest BCUT2D eigenvalue weighted by atomic mass is 9.83. The third-order valence-electron chi connectivity index (χ3n) is 3.31. The van der Waals surface area contributed by atoms with Gasteiger partial charge in [0.1, 0.15) is 4.87 Å². The minimum Gasteiger partial charge on any atom is -0.481 e. The van der Waals surface area contributed by atoms with Gasteiger partial charge in [0.15, 0.2) is 10.7 Å². The number of alkyl halides is 2. The van der Waals surface area contributed by atoms with Gasteiger partial charge in [-0.3, -0.25) is 9.59 Å². The van der Waals surface area contributed by atoms with E-state index in [1.807, 2.05) is 0 Å². The second-order valence-electron chi connectivity index (χ2n) is 3.99. The maximum Gasteiger partial charge on any atom is 0.309 e. The highest BCUT2D eigenvalue weighted by Crippen LogP contribution is 2.65. The molecule has 2 unspecified atom stereocenters. The normalized spacial score (nSPS) is 46.7. The summed E-state index contributed by atoms with van der Waals surface area (Å²) in [6, 6.07) is 0. The smallest absolute Gasteiger partial charge is 0.309 e. The Bertz CT molecular complexity index is 446. The summed E-state index contributed by atoms with van der Waals surface area (Å²) in [5.74, 6) is -3.71. The SMILES string of the molecule is CC1C(C(=O)O)[C@]2(Cl)C(=O)[C@]1(Cl)C(Cl)=C2Cl. The van der Waals surface area contributed by atoms with Crippen LogP contribution in [0.2, 0.25) is 0 Å². The van der Waals surface area contributed by atoms with Crippen LogP contribution in [-0.2, 0) is 9.59 Å². The fourth-order valence-electron chi connectivity index (χ4n) is 2.43. The number of hydrogen-bond acceptors (Lipinski definition) is 2. The molecule has 1 N–H and O–H groups in total. The Morgan fingerprint density at radius 2 is 1.69 bits per heavy atom. The first-order valence-electron chi connectivity index (χ1n) is 4.41. The minimum absolute atomic E-state index is 0.0548. The zero-order chi connectivity index (χ0) is 12.5.